The summed E-state index contributed by atoms with van der Waals surface area (Å²) in [5, 5.41) is 33.6. The highest BCUT2D eigenvalue weighted by molar-refractivity contribution is 8.00. The molecule has 0 spiro atoms. The fraction of sp³-hybridized carbons (Fsp3) is 0.814. The van der Waals surface area contributed by atoms with Crippen LogP contribution in [0.2, 0.25) is 0 Å². The SMILES string of the molecule is C/C=C/C[C@@H](C)[C@@H](O)[C@H]1C(=O)N[C@@H](CC)C(=O)N(C)[C@H](SCCCCN2CCSCC2)C(=O)N(C)[C@@H](CC(C)(C)O)C(=O)N[C@@H](C(C)C)C(=O)N(C)[C@@H](CC(C)C)C(=O)N[C@@H](C)C(=O)N[C@H](C)C(=O)N(C)[C@@H](CC(C)C)C(=O)N(C)[C@@H](CC(C)C)C(=O)N(C)[C@@H](C(C)C)C(=O)N1C. The molecule has 0 aromatic heterocycles. The molecule has 0 bridgehead atoms. The van der Waals surface area contributed by atoms with Gasteiger partial charge in [-0.15, -0.1) is 11.8 Å². The van der Waals surface area contributed by atoms with Crippen molar-refractivity contribution in [2.24, 2.45) is 35.5 Å². The van der Waals surface area contributed by atoms with Crippen LogP contribution < -0.4 is 21.3 Å². The van der Waals surface area contributed by atoms with E-state index < -0.39 is 160 Å². The first-order chi connectivity index (χ1) is 45.0. The number of amides is 11. The van der Waals surface area contributed by atoms with E-state index in [9.17, 15) is 29.4 Å². The van der Waals surface area contributed by atoms with E-state index in [2.05, 4.69) is 26.2 Å². The number of carbonyl (C=O) groups excluding carboxylic acids is 11. The Kier molecular flexibility index (Phi) is 36.7. The lowest BCUT2D eigenvalue weighted by atomic mass is 9.91. The zero-order chi connectivity index (χ0) is 74.4. The van der Waals surface area contributed by atoms with Gasteiger partial charge in [0.2, 0.25) is 59.1 Å². The molecule has 6 N–H and O–H groups in total. The minimum Gasteiger partial charge on any atom is -0.390 e. The molecule has 13 atom stereocenters. The summed E-state index contributed by atoms with van der Waals surface area (Å²) in [5.74, 6) is -7.77. The number of nitrogens with zero attached hydrogens (tertiary/aromatic N) is 8. The molecule has 0 saturated carbocycles. The number of hydrogen-bond acceptors (Lipinski definition) is 16. The number of carbonyl (C=O) groups is 11. The number of rotatable bonds is 21. The Morgan fingerprint density at radius 1 is 0.536 bits per heavy atom. The Hall–Kier alpha value is -5.51. The third-order valence-corrected chi connectivity index (χ3v) is 20.7. The van der Waals surface area contributed by atoms with Gasteiger partial charge in [-0.05, 0) is 127 Å². The van der Waals surface area contributed by atoms with Crippen LogP contribution in [0.5, 0.6) is 0 Å². The second-order valence-electron chi connectivity index (χ2n) is 29.6. The minimum atomic E-state index is -1.66. The zero-order valence-corrected chi connectivity index (χ0v) is 64.9. The second-order valence-corrected chi connectivity index (χ2v) is 32.0. The highest BCUT2D eigenvalue weighted by Crippen LogP contribution is 2.28. The van der Waals surface area contributed by atoms with Crippen LogP contribution in [0.3, 0.4) is 0 Å². The minimum absolute atomic E-state index is 0.0219. The van der Waals surface area contributed by atoms with Gasteiger partial charge in [0.1, 0.15) is 60.4 Å². The Morgan fingerprint density at radius 2 is 1.01 bits per heavy atom. The van der Waals surface area contributed by atoms with Gasteiger partial charge in [-0.1, -0.05) is 95.2 Å². The van der Waals surface area contributed by atoms with Gasteiger partial charge in [-0.25, -0.2) is 0 Å². The molecule has 2 heterocycles. The Labute approximate surface area is 589 Å². The molecular weight excluding hydrogens is 1280 g/mol. The van der Waals surface area contributed by atoms with Gasteiger partial charge >= 0.3 is 0 Å². The Morgan fingerprint density at radius 3 is 1.51 bits per heavy atom. The largest absolute Gasteiger partial charge is 0.390 e. The maximum Gasteiger partial charge on any atom is 0.256 e. The lowest BCUT2D eigenvalue weighted by molar-refractivity contribution is -0.157. The number of thioether (sulfide) groups is 2. The number of hydrogen-bond donors (Lipinski definition) is 6. The monoisotopic (exact) mass is 1410 g/mol. The number of nitrogens with one attached hydrogen (secondary N) is 4. The summed E-state index contributed by atoms with van der Waals surface area (Å²) in [6, 6.07) is -13.1. The van der Waals surface area contributed by atoms with Gasteiger partial charge in [0.25, 0.3) is 5.91 Å². The van der Waals surface area contributed by atoms with Crippen molar-refractivity contribution in [2.45, 2.75) is 247 Å². The fourth-order valence-corrected chi connectivity index (χ4v) is 14.5. The number of likely N-dealkylation sites (N-methyl/N-ethyl adjacent to an activating group) is 7. The van der Waals surface area contributed by atoms with E-state index in [0.29, 0.717) is 12.2 Å². The third-order valence-electron chi connectivity index (χ3n) is 18.4. The van der Waals surface area contributed by atoms with Crippen LogP contribution in [0.25, 0.3) is 0 Å². The quantitative estimate of drug-likeness (QED) is 0.0691. The maximum atomic E-state index is 15.5. The first-order valence-electron chi connectivity index (χ1n) is 35.0. The Bertz CT molecular complexity index is 2650. The van der Waals surface area contributed by atoms with Gasteiger partial charge < -0.3 is 70.7 Å². The van der Waals surface area contributed by atoms with Crippen LogP contribution in [0, 0.1) is 35.5 Å². The van der Waals surface area contributed by atoms with Crippen molar-refractivity contribution in [2.75, 3.05) is 86.2 Å². The predicted molar refractivity (Wildman–Crippen MR) is 384 cm³/mol. The van der Waals surface area contributed by atoms with E-state index in [1.54, 1.807) is 54.5 Å². The average Bonchev–Trinajstić information content (AvgIpc) is 0.808. The molecule has 0 aliphatic carbocycles. The summed E-state index contributed by atoms with van der Waals surface area (Å²) in [6.07, 6.45) is 3.82. The van der Waals surface area contributed by atoms with Crippen molar-refractivity contribution >= 4 is 88.5 Å². The van der Waals surface area contributed by atoms with E-state index in [-0.39, 0.29) is 56.3 Å². The number of unbranched alkanes of at least 4 members (excludes halogenated alkanes) is 1. The molecule has 2 rings (SSSR count). The smallest absolute Gasteiger partial charge is 0.256 e. The van der Waals surface area contributed by atoms with Crippen LogP contribution in [-0.4, -0.2) is 278 Å². The highest BCUT2D eigenvalue weighted by atomic mass is 32.2. The summed E-state index contributed by atoms with van der Waals surface area (Å²) in [4.78, 5) is 176. The standard InChI is InChI=1S/C70H126N12O13S2/c1-25-27-30-46(13)57(83)56-61(87)73-49(26-2)63(89)81(24)69(97-34-29-28-31-82-32-35-96-36-33-82)68(94)78(21)53(40-70(16,17)95)60(86)74-54(44(9)10)66(92)75(18)50(37-41(3)4)59(85)71-47(14)58(84)72-48(15)62(88)76(19)51(38-42(5)6)64(90)77(20)52(39-43(7)8)65(91)79(22)55(45(11)12)67(93)80(56)23/h25,27,41-57,69,83,95H,26,28-40H2,1-24H3,(H,71,85)(H,72,84)(H,73,87)(H,74,86)/b27-25+/t46-,47+,48-,49+,50+,51+,52+,53+,54+,55+,56+,57-,69-/m1/s1. The lowest BCUT2D eigenvalue weighted by Crippen LogP contribution is -2.64. The Balaban J connectivity index is 3.11. The van der Waals surface area contributed by atoms with E-state index in [1.807, 2.05) is 59.4 Å². The van der Waals surface area contributed by atoms with Crippen LogP contribution in [0.4, 0.5) is 0 Å². The zero-order valence-electron chi connectivity index (χ0n) is 63.2. The summed E-state index contributed by atoms with van der Waals surface area (Å²) >= 11 is 3.07. The molecule has 2 aliphatic rings. The number of allylic oxidation sites excluding steroid dienone is 2. The number of aliphatic hydroxyl groups excluding tert-OH is 1. The van der Waals surface area contributed by atoms with E-state index in [0.717, 1.165) is 47.4 Å². The van der Waals surface area contributed by atoms with Crippen molar-refractivity contribution in [1.29, 1.82) is 0 Å². The molecule has 0 unspecified atom stereocenters. The molecule has 0 radical (unpaired) electrons. The molecule has 556 valence electrons. The van der Waals surface area contributed by atoms with E-state index >= 15 is 33.6 Å². The van der Waals surface area contributed by atoms with Crippen LogP contribution in [0.1, 0.15) is 169 Å². The molecule has 0 aromatic carbocycles. The van der Waals surface area contributed by atoms with Crippen LogP contribution >= 0.6 is 23.5 Å². The van der Waals surface area contributed by atoms with Crippen molar-refractivity contribution in [1.82, 2.24) is 60.5 Å². The molecule has 0 aromatic rings. The molecule has 2 aliphatic heterocycles. The van der Waals surface area contributed by atoms with Crippen molar-refractivity contribution in [3.8, 4) is 0 Å². The molecule has 2 fully saturated rings. The molecule has 11 amide bonds. The van der Waals surface area contributed by atoms with E-state index in [4.69, 9.17) is 0 Å². The summed E-state index contributed by atoms with van der Waals surface area (Å²) in [7, 11) is 9.93. The van der Waals surface area contributed by atoms with Gasteiger partial charge in [0.05, 0.1) is 11.7 Å². The van der Waals surface area contributed by atoms with Gasteiger partial charge in [-0.2, -0.15) is 11.8 Å². The highest BCUT2D eigenvalue weighted by Gasteiger charge is 2.47. The summed E-state index contributed by atoms with van der Waals surface area (Å²) < 4.78 is 0. The average molecular weight is 1410 g/mol. The van der Waals surface area contributed by atoms with Gasteiger partial charge in [0, 0.05) is 80.3 Å². The third kappa shape index (κ3) is 25.9. The van der Waals surface area contributed by atoms with Crippen LogP contribution in [0.15, 0.2) is 12.2 Å². The second kappa shape index (κ2) is 40.7. The molecule has 97 heavy (non-hydrogen) atoms. The first-order valence-corrected chi connectivity index (χ1v) is 37.2. The van der Waals surface area contributed by atoms with Crippen molar-refractivity contribution in [3.63, 3.8) is 0 Å². The van der Waals surface area contributed by atoms with Gasteiger partial charge in [-0.3, -0.25) is 52.7 Å². The molecule has 25 nitrogen and oxygen atoms in total. The lowest BCUT2D eigenvalue weighted by Gasteiger charge is -2.41. The summed E-state index contributed by atoms with van der Waals surface area (Å²) in [5.41, 5.74) is -1.58. The number of aliphatic hydroxyl groups is 2. The van der Waals surface area contributed by atoms with Gasteiger partial charge in [0.15, 0.2) is 5.37 Å². The molecule has 27 heteroatoms. The fourth-order valence-electron chi connectivity index (χ4n) is 12.3. The van der Waals surface area contributed by atoms with Crippen molar-refractivity contribution in [3.05, 3.63) is 12.2 Å². The molecule has 2 saturated heterocycles. The first kappa shape index (κ1) is 87.6. The maximum absolute atomic E-state index is 15.5. The summed E-state index contributed by atoms with van der Waals surface area (Å²) in [6.45, 7) is 31.8. The topological polar surface area (TPSA) is 302 Å². The van der Waals surface area contributed by atoms with Crippen LogP contribution in [-0.2, 0) is 52.7 Å². The normalized spacial score (nSPS) is 27.1. The molecular formula is C70H126N12O13S2. The van der Waals surface area contributed by atoms with Crippen molar-refractivity contribution < 1.29 is 63.0 Å². The predicted octanol–water partition coefficient (Wildman–Crippen LogP) is 4.27. The van der Waals surface area contributed by atoms with E-state index in [1.165, 1.54) is 113 Å².